The number of rotatable bonds is 2. The van der Waals surface area contributed by atoms with Crippen molar-refractivity contribution in [1.29, 1.82) is 0 Å². The molecule has 3 N–H and O–H groups in total. The van der Waals surface area contributed by atoms with Crippen LogP contribution in [0.3, 0.4) is 0 Å². The second-order valence-electron chi connectivity index (χ2n) is 3.81. The van der Waals surface area contributed by atoms with Crippen LogP contribution in [0, 0.1) is 0 Å². The Morgan fingerprint density at radius 2 is 2.16 bits per heavy atom. The molecule has 0 unspecified atom stereocenters. The number of hydrogen-bond acceptors (Lipinski definition) is 5. The molecule has 2 heterocycles. The van der Waals surface area contributed by atoms with Crippen LogP contribution in [-0.4, -0.2) is 19.6 Å². The largest absolute Gasteiger partial charge is 0.439 e. The van der Waals surface area contributed by atoms with Crippen molar-refractivity contribution in [1.82, 2.24) is 19.6 Å². The number of fused-ring (bicyclic) bond motifs is 1. The summed E-state index contributed by atoms with van der Waals surface area (Å²) in [5.74, 6) is 0.866. The smallest absolute Gasteiger partial charge is 0.348 e. The lowest BCUT2D eigenvalue weighted by molar-refractivity contribution is 0.461. The third-order valence-corrected chi connectivity index (χ3v) is 2.86. The van der Waals surface area contributed by atoms with Gasteiger partial charge in [0.1, 0.15) is 12.1 Å². The average molecular weight is 322 g/mol. The quantitative estimate of drug-likeness (QED) is 0.698. The third kappa shape index (κ3) is 2.29. The van der Waals surface area contributed by atoms with E-state index in [9.17, 15) is 4.79 Å². The highest BCUT2D eigenvalue weighted by molar-refractivity contribution is 9.10. The minimum absolute atomic E-state index is 0.323. The molecule has 3 aromatic rings. The van der Waals surface area contributed by atoms with Crippen LogP contribution in [0.1, 0.15) is 0 Å². The van der Waals surface area contributed by atoms with E-state index in [2.05, 4.69) is 31.1 Å². The molecule has 8 heteroatoms. The number of H-pyrrole nitrogens is 1. The standard InChI is InChI=1S/C11H8BrN5O2/c12-6-1-7(13)3-8(2-6)19-10-4-9-15-16-11(18)17(9)5-14-10/h1-5H,13H2,(H,16,18). The highest BCUT2D eigenvalue weighted by Crippen LogP contribution is 2.26. The Hall–Kier alpha value is -2.35. The highest BCUT2D eigenvalue weighted by atomic mass is 79.9. The van der Waals surface area contributed by atoms with Gasteiger partial charge in [-0.25, -0.2) is 19.3 Å². The first kappa shape index (κ1) is 11.7. The first-order valence-corrected chi connectivity index (χ1v) is 6.08. The lowest BCUT2D eigenvalue weighted by Crippen LogP contribution is -2.09. The van der Waals surface area contributed by atoms with Gasteiger partial charge in [-0.05, 0) is 12.1 Å². The van der Waals surface area contributed by atoms with Crippen molar-refractivity contribution < 1.29 is 4.74 Å². The molecule has 0 atom stereocenters. The molecule has 0 aliphatic heterocycles. The number of nitrogens with zero attached hydrogens (tertiary/aromatic N) is 3. The summed E-state index contributed by atoms with van der Waals surface area (Å²) >= 11 is 3.33. The lowest BCUT2D eigenvalue weighted by atomic mass is 10.3. The van der Waals surface area contributed by atoms with Crippen molar-refractivity contribution in [2.24, 2.45) is 0 Å². The minimum atomic E-state index is -0.347. The molecule has 7 nitrogen and oxygen atoms in total. The van der Waals surface area contributed by atoms with Gasteiger partial charge < -0.3 is 10.5 Å². The fourth-order valence-corrected chi connectivity index (χ4v) is 2.10. The van der Waals surface area contributed by atoms with Crippen molar-refractivity contribution >= 4 is 27.3 Å². The van der Waals surface area contributed by atoms with Gasteiger partial charge in [-0.1, -0.05) is 15.9 Å². The number of nitrogens with two attached hydrogens (primary N) is 1. The summed E-state index contributed by atoms with van der Waals surface area (Å²) in [5.41, 5.74) is 6.37. The molecule has 0 spiro atoms. The maximum atomic E-state index is 11.3. The zero-order valence-corrected chi connectivity index (χ0v) is 11.1. The second-order valence-corrected chi connectivity index (χ2v) is 4.72. The van der Waals surface area contributed by atoms with Crippen LogP contribution < -0.4 is 16.2 Å². The van der Waals surface area contributed by atoms with Gasteiger partial charge in [-0.3, -0.25) is 0 Å². The molecule has 0 aliphatic rings. The van der Waals surface area contributed by atoms with Crippen LogP contribution in [-0.2, 0) is 0 Å². The summed E-state index contributed by atoms with van der Waals surface area (Å²) < 4.78 is 7.65. The summed E-state index contributed by atoms with van der Waals surface area (Å²) in [4.78, 5) is 15.3. The number of benzene rings is 1. The predicted molar refractivity (Wildman–Crippen MR) is 72.2 cm³/mol. The van der Waals surface area contributed by atoms with E-state index in [1.54, 1.807) is 24.3 Å². The Labute approximate surface area is 115 Å². The molecule has 0 fully saturated rings. The van der Waals surface area contributed by atoms with Crippen molar-refractivity contribution in [2.75, 3.05) is 5.73 Å². The third-order valence-electron chi connectivity index (χ3n) is 2.40. The van der Waals surface area contributed by atoms with Gasteiger partial charge in [-0.2, -0.15) is 5.10 Å². The molecule has 0 amide bonds. The Bertz CT molecular complexity index is 790. The molecule has 0 saturated carbocycles. The molecular formula is C11H8BrN5O2. The number of halogens is 1. The summed E-state index contributed by atoms with van der Waals surface area (Å²) in [6.45, 7) is 0. The maximum Gasteiger partial charge on any atom is 0.348 e. The fraction of sp³-hybridized carbons (Fsp3) is 0. The molecule has 3 rings (SSSR count). The minimum Gasteiger partial charge on any atom is -0.439 e. The summed E-state index contributed by atoms with van der Waals surface area (Å²) in [7, 11) is 0. The van der Waals surface area contributed by atoms with E-state index in [4.69, 9.17) is 10.5 Å². The first-order chi connectivity index (χ1) is 9.11. The lowest BCUT2D eigenvalue weighted by Gasteiger charge is -2.06. The van der Waals surface area contributed by atoms with Crippen LogP contribution >= 0.6 is 15.9 Å². The summed E-state index contributed by atoms with van der Waals surface area (Å²) in [5, 5.41) is 6.15. The van der Waals surface area contributed by atoms with E-state index in [1.165, 1.54) is 10.7 Å². The Morgan fingerprint density at radius 1 is 1.32 bits per heavy atom. The van der Waals surface area contributed by atoms with Gasteiger partial charge in [-0.15, -0.1) is 0 Å². The molecule has 96 valence electrons. The first-order valence-electron chi connectivity index (χ1n) is 5.28. The molecule has 0 bridgehead atoms. The highest BCUT2D eigenvalue weighted by Gasteiger charge is 2.05. The molecule has 2 aromatic heterocycles. The van der Waals surface area contributed by atoms with E-state index in [-0.39, 0.29) is 5.69 Å². The number of aromatic amines is 1. The number of ether oxygens (including phenoxy) is 1. The van der Waals surface area contributed by atoms with E-state index >= 15 is 0 Å². The summed E-state index contributed by atoms with van der Waals surface area (Å²) in [6.07, 6.45) is 1.35. The van der Waals surface area contributed by atoms with Gasteiger partial charge in [0.25, 0.3) is 0 Å². The Balaban J connectivity index is 1.98. The van der Waals surface area contributed by atoms with Crippen LogP contribution in [0.15, 0.2) is 39.9 Å². The predicted octanol–water partition coefficient (Wildman–Crippen LogP) is 1.55. The number of anilines is 1. The van der Waals surface area contributed by atoms with Crippen LogP contribution in [0.5, 0.6) is 11.6 Å². The molecule has 0 saturated heterocycles. The van der Waals surface area contributed by atoms with Crippen molar-refractivity contribution in [2.45, 2.75) is 0 Å². The van der Waals surface area contributed by atoms with Crippen LogP contribution in [0.25, 0.3) is 5.65 Å². The number of hydrogen-bond donors (Lipinski definition) is 2. The van der Waals surface area contributed by atoms with Gasteiger partial charge in [0.15, 0.2) is 5.65 Å². The zero-order valence-electron chi connectivity index (χ0n) is 9.50. The molecule has 0 aliphatic carbocycles. The zero-order chi connectivity index (χ0) is 13.4. The fourth-order valence-electron chi connectivity index (χ4n) is 1.61. The van der Waals surface area contributed by atoms with E-state index < -0.39 is 0 Å². The van der Waals surface area contributed by atoms with E-state index in [1.807, 2.05) is 0 Å². The normalized spacial score (nSPS) is 10.8. The molecular weight excluding hydrogens is 314 g/mol. The van der Waals surface area contributed by atoms with Crippen molar-refractivity contribution in [3.8, 4) is 11.6 Å². The van der Waals surface area contributed by atoms with Crippen molar-refractivity contribution in [3.05, 3.63) is 45.5 Å². The maximum absolute atomic E-state index is 11.3. The SMILES string of the molecule is Nc1cc(Br)cc(Oc2cc3n[nH]c(=O)n3cn2)c1. The molecule has 0 radical (unpaired) electrons. The number of aromatic nitrogens is 4. The number of nitrogen functional groups attached to an aromatic ring is 1. The number of nitrogens with one attached hydrogen (secondary N) is 1. The average Bonchev–Trinajstić information content (AvgIpc) is 2.69. The topological polar surface area (TPSA) is 98.3 Å². The molecule has 19 heavy (non-hydrogen) atoms. The van der Waals surface area contributed by atoms with E-state index in [0.29, 0.717) is 23.0 Å². The monoisotopic (exact) mass is 321 g/mol. The van der Waals surface area contributed by atoms with Gasteiger partial charge >= 0.3 is 5.69 Å². The van der Waals surface area contributed by atoms with Gasteiger partial charge in [0.05, 0.1) is 0 Å². The van der Waals surface area contributed by atoms with Crippen molar-refractivity contribution in [3.63, 3.8) is 0 Å². The van der Waals surface area contributed by atoms with Gasteiger partial charge in [0.2, 0.25) is 5.88 Å². The van der Waals surface area contributed by atoms with E-state index in [0.717, 1.165) is 4.47 Å². The van der Waals surface area contributed by atoms with Crippen LogP contribution in [0.2, 0.25) is 0 Å². The van der Waals surface area contributed by atoms with Crippen LogP contribution in [0.4, 0.5) is 5.69 Å². The molecule has 1 aromatic carbocycles. The summed E-state index contributed by atoms with van der Waals surface area (Å²) in [6, 6.07) is 6.75. The Morgan fingerprint density at radius 3 is 2.95 bits per heavy atom. The second kappa shape index (κ2) is 4.39. The van der Waals surface area contributed by atoms with Gasteiger partial charge in [0, 0.05) is 22.3 Å². The Kier molecular flexibility index (Phi) is 2.71.